The van der Waals surface area contributed by atoms with E-state index < -0.39 is 0 Å². The van der Waals surface area contributed by atoms with E-state index in [0.717, 1.165) is 23.7 Å². The minimum atomic E-state index is 0.418. The molecule has 0 amide bonds. The molecule has 0 saturated heterocycles. The molecule has 0 bridgehead atoms. The highest BCUT2D eigenvalue weighted by atomic mass is 35.5. The first-order valence-corrected chi connectivity index (χ1v) is 7.44. The Hall–Kier alpha value is -0.730. The Labute approximate surface area is 122 Å². The van der Waals surface area contributed by atoms with Crippen molar-refractivity contribution >= 4 is 11.6 Å². The Bertz CT molecular complexity index is 392. The Morgan fingerprint density at radius 2 is 1.95 bits per heavy atom. The Morgan fingerprint density at radius 1 is 1.26 bits per heavy atom. The van der Waals surface area contributed by atoms with Crippen molar-refractivity contribution in [2.24, 2.45) is 5.92 Å². The van der Waals surface area contributed by atoms with Gasteiger partial charge in [-0.15, -0.1) is 0 Å². The molecule has 1 aromatic rings. The van der Waals surface area contributed by atoms with Crippen LogP contribution >= 0.6 is 11.6 Å². The number of halogens is 1. The van der Waals surface area contributed by atoms with Gasteiger partial charge in [-0.2, -0.15) is 0 Å². The van der Waals surface area contributed by atoms with Crippen molar-refractivity contribution in [2.45, 2.75) is 46.1 Å². The maximum absolute atomic E-state index is 6.15. The van der Waals surface area contributed by atoms with Crippen LogP contribution in [0, 0.1) is 5.92 Å². The van der Waals surface area contributed by atoms with Crippen LogP contribution in [0.15, 0.2) is 18.2 Å². The normalized spacial score (nSPS) is 14.5. The molecular weight excluding hydrogens is 258 g/mol. The number of nitrogens with one attached hydrogen (secondary N) is 1. The molecule has 0 heterocycles. The zero-order valence-electron chi connectivity index (χ0n) is 12.7. The van der Waals surface area contributed by atoms with Crippen LogP contribution in [-0.2, 0) is 0 Å². The molecule has 0 radical (unpaired) electrons. The number of hydrogen-bond donors (Lipinski definition) is 1. The molecule has 0 fully saturated rings. The molecule has 2 atom stereocenters. The first kappa shape index (κ1) is 16.3. The van der Waals surface area contributed by atoms with Crippen molar-refractivity contribution in [3.63, 3.8) is 0 Å². The highest BCUT2D eigenvalue weighted by Gasteiger charge is 2.22. The molecule has 2 unspecified atom stereocenters. The topological polar surface area (TPSA) is 21.3 Å². The van der Waals surface area contributed by atoms with Crippen LogP contribution in [0.1, 0.15) is 45.6 Å². The van der Waals surface area contributed by atoms with E-state index >= 15 is 0 Å². The molecule has 1 rings (SSSR count). The van der Waals surface area contributed by atoms with Crippen molar-refractivity contribution in [3.05, 3.63) is 28.8 Å². The standard InChI is InChI=1S/C16H26ClNO/c1-6-12(4)15(10-18-11(2)3)14-9-13(17)7-8-16(14)19-5/h7-9,11-12,15,18H,6,10H2,1-5H3. The van der Waals surface area contributed by atoms with E-state index in [1.165, 1.54) is 5.56 Å². The third-order valence-corrected chi connectivity index (χ3v) is 3.90. The third-order valence-electron chi connectivity index (χ3n) is 3.67. The van der Waals surface area contributed by atoms with Gasteiger partial charge < -0.3 is 10.1 Å². The van der Waals surface area contributed by atoms with Crippen molar-refractivity contribution in [1.29, 1.82) is 0 Å². The second kappa shape index (κ2) is 7.76. The Balaban J connectivity index is 3.04. The smallest absolute Gasteiger partial charge is 0.122 e. The quantitative estimate of drug-likeness (QED) is 0.797. The van der Waals surface area contributed by atoms with Crippen LogP contribution in [0.25, 0.3) is 0 Å². The van der Waals surface area contributed by atoms with Crippen LogP contribution in [-0.4, -0.2) is 19.7 Å². The minimum absolute atomic E-state index is 0.418. The summed E-state index contributed by atoms with van der Waals surface area (Å²) < 4.78 is 5.50. The molecule has 0 aromatic heterocycles. The van der Waals surface area contributed by atoms with E-state index in [1.54, 1.807) is 7.11 Å². The maximum Gasteiger partial charge on any atom is 0.122 e. The SMILES string of the molecule is CCC(C)C(CNC(C)C)c1cc(Cl)ccc1OC. The van der Waals surface area contributed by atoms with Crippen LogP contribution < -0.4 is 10.1 Å². The molecule has 0 aliphatic carbocycles. The number of ether oxygens (including phenoxy) is 1. The second-order valence-corrected chi connectivity index (χ2v) is 5.88. The van der Waals surface area contributed by atoms with Gasteiger partial charge in [0.15, 0.2) is 0 Å². The lowest BCUT2D eigenvalue weighted by molar-refractivity contribution is 0.372. The van der Waals surface area contributed by atoms with Crippen molar-refractivity contribution < 1.29 is 4.74 Å². The number of methoxy groups -OCH3 is 1. The summed E-state index contributed by atoms with van der Waals surface area (Å²) in [5, 5.41) is 4.30. The molecule has 0 saturated carbocycles. The second-order valence-electron chi connectivity index (χ2n) is 5.44. The number of hydrogen-bond acceptors (Lipinski definition) is 2. The van der Waals surface area contributed by atoms with Gasteiger partial charge in [0.1, 0.15) is 5.75 Å². The van der Waals surface area contributed by atoms with Gasteiger partial charge in [-0.05, 0) is 24.1 Å². The minimum Gasteiger partial charge on any atom is -0.496 e. The Kier molecular flexibility index (Phi) is 6.67. The molecule has 2 nitrogen and oxygen atoms in total. The van der Waals surface area contributed by atoms with E-state index in [9.17, 15) is 0 Å². The lowest BCUT2D eigenvalue weighted by Gasteiger charge is -2.26. The fourth-order valence-electron chi connectivity index (χ4n) is 2.26. The van der Waals surface area contributed by atoms with E-state index in [-0.39, 0.29) is 0 Å². The molecule has 0 aliphatic heterocycles. The van der Waals surface area contributed by atoms with Gasteiger partial charge in [0.25, 0.3) is 0 Å². The molecule has 108 valence electrons. The van der Waals surface area contributed by atoms with Gasteiger partial charge >= 0.3 is 0 Å². The summed E-state index contributed by atoms with van der Waals surface area (Å²) >= 11 is 6.15. The predicted molar refractivity (Wildman–Crippen MR) is 83.3 cm³/mol. The summed E-state index contributed by atoms with van der Waals surface area (Å²) in [6.07, 6.45) is 1.14. The van der Waals surface area contributed by atoms with Crippen LogP contribution in [0.3, 0.4) is 0 Å². The van der Waals surface area contributed by atoms with Gasteiger partial charge in [-0.3, -0.25) is 0 Å². The first-order chi connectivity index (χ1) is 8.99. The van der Waals surface area contributed by atoms with Gasteiger partial charge in [0.05, 0.1) is 7.11 Å². The van der Waals surface area contributed by atoms with E-state index in [2.05, 4.69) is 33.0 Å². The van der Waals surface area contributed by atoms with Gasteiger partial charge in [-0.25, -0.2) is 0 Å². The van der Waals surface area contributed by atoms with E-state index in [4.69, 9.17) is 16.3 Å². The van der Waals surface area contributed by atoms with Crippen molar-refractivity contribution in [1.82, 2.24) is 5.32 Å². The summed E-state index contributed by atoms with van der Waals surface area (Å²) in [5.41, 5.74) is 1.21. The van der Waals surface area contributed by atoms with Gasteiger partial charge in [0.2, 0.25) is 0 Å². The molecule has 0 aliphatic rings. The highest BCUT2D eigenvalue weighted by molar-refractivity contribution is 6.30. The fraction of sp³-hybridized carbons (Fsp3) is 0.625. The lowest BCUT2D eigenvalue weighted by Crippen LogP contribution is -2.30. The zero-order valence-corrected chi connectivity index (χ0v) is 13.4. The van der Waals surface area contributed by atoms with E-state index in [1.807, 2.05) is 18.2 Å². The molecule has 1 aromatic carbocycles. The predicted octanol–water partition coefficient (Wildman–Crippen LogP) is 4.48. The fourth-order valence-corrected chi connectivity index (χ4v) is 2.44. The number of rotatable bonds is 7. The van der Waals surface area contributed by atoms with Crippen molar-refractivity contribution in [2.75, 3.05) is 13.7 Å². The summed E-state index contributed by atoms with van der Waals surface area (Å²) in [4.78, 5) is 0. The summed E-state index contributed by atoms with van der Waals surface area (Å²) in [6, 6.07) is 6.37. The lowest BCUT2D eigenvalue weighted by atomic mass is 9.85. The molecule has 1 N–H and O–H groups in total. The monoisotopic (exact) mass is 283 g/mol. The third kappa shape index (κ3) is 4.70. The van der Waals surface area contributed by atoms with Crippen molar-refractivity contribution in [3.8, 4) is 5.75 Å². The van der Waals surface area contributed by atoms with Crippen LogP contribution in [0.5, 0.6) is 5.75 Å². The summed E-state index contributed by atoms with van der Waals surface area (Å²) in [5.74, 6) is 1.93. The summed E-state index contributed by atoms with van der Waals surface area (Å²) in [7, 11) is 1.72. The van der Waals surface area contributed by atoms with Crippen LogP contribution in [0.2, 0.25) is 5.02 Å². The molecule has 3 heteroatoms. The number of benzene rings is 1. The Morgan fingerprint density at radius 3 is 2.47 bits per heavy atom. The largest absolute Gasteiger partial charge is 0.496 e. The average Bonchev–Trinajstić information content (AvgIpc) is 2.38. The van der Waals surface area contributed by atoms with E-state index in [0.29, 0.717) is 17.9 Å². The maximum atomic E-state index is 6.15. The summed E-state index contributed by atoms with van der Waals surface area (Å²) in [6.45, 7) is 9.80. The average molecular weight is 284 g/mol. The first-order valence-electron chi connectivity index (χ1n) is 7.06. The zero-order chi connectivity index (χ0) is 14.4. The molecule has 19 heavy (non-hydrogen) atoms. The van der Waals surface area contributed by atoms with Gasteiger partial charge in [-0.1, -0.05) is 45.7 Å². The molecular formula is C16H26ClNO. The molecule has 0 spiro atoms. The van der Waals surface area contributed by atoms with Crippen LogP contribution in [0.4, 0.5) is 0 Å². The highest BCUT2D eigenvalue weighted by Crippen LogP contribution is 2.35. The van der Waals surface area contributed by atoms with Gasteiger partial charge in [0, 0.05) is 29.1 Å².